The zero-order valence-corrected chi connectivity index (χ0v) is 19.9. The minimum atomic E-state index is -1.43. The molecule has 1 atom stereocenters. The van der Waals surface area contributed by atoms with Gasteiger partial charge in [-0.2, -0.15) is 0 Å². The average Bonchev–Trinajstić information content (AvgIpc) is 3.33. The first kappa shape index (κ1) is 25.0. The molecule has 3 aromatic rings. The van der Waals surface area contributed by atoms with Gasteiger partial charge in [0.25, 0.3) is 0 Å². The third-order valence-electron chi connectivity index (χ3n) is 6.18. The molecule has 0 spiro atoms. The second-order valence-corrected chi connectivity index (χ2v) is 9.74. The van der Waals surface area contributed by atoms with Gasteiger partial charge in [0.2, 0.25) is 5.91 Å². The van der Waals surface area contributed by atoms with Crippen molar-refractivity contribution in [2.75, 3.05) is 4.90 Å². The molecule has 1 N–H and O–H groups in total. The van der Waals surface area contributed by atoms with Crippen LogP contribution in [-0.4, -0.2) is 11.9 Å². The van der Waals surface area contributed by atoms with Crippen LogP contribution in [0.25, 0.3) is 0 Å². The number of carbonyl (C=O) groups is 1. The van der Waals surface area contributed by atoms with Crippen LogP contribution in [0.2, 0.25) is 0 Å². The van der Waals surface area contributed by atoms with E-state index < -0.39 is 35.2 Å². The van der Waals surface area contributed by atoms with E-state index in [1.54, 1.807) is 6.07 Å². The summed E-state index contributed by atoms with van der Waals surface area (Å²) in [7, 11) is 0. The Balaban J connectivity index is 1.81. The summed E-state index contributed by atoms with van der Waals surface area (Å²) in [6.07, 6.45) is 4.82. The van der Waals surface area contributed by atoms with Crippen molar-refractivity contribution in [1.82, 2.24) is 5.32 Å². The molecule has 1 unspecified atom stereocenters. The highest BCUT2D eigenvalue weighted by atomic mass is 32.1. The summed E-state index contributed by atoms with van der Waals surface area (Å²) in [6.45, 7) is 4.12. The zero-order valence-electron chi connectivity index (χ0n) is 19.1. The lowest BCUT2D eigenvalue weighted by Crippen LogP contribution is -2.45. The van der Waals surface area contributed by atoms with E-state index in [0.717, 1.165) is 37.0 Å². The number of amides is 1. The number of nitrogens with one attached hydrogen (secondary N) is 1. The van der Waals surface area contributed by atoms with E-state index in [-0.39, 0.29) is 17.3 Å². The topological polar surface area (TPSA) is 32.3 Å². The molecular formula is C27H26F4N2OS. The Morgan fingerprint density at radius 1 is 1.00 bits per heavy atom. The maximum absolute atomic E-state index is 15.1. The molecule has 1 saturated carbocycles. The Labute approximate surface area is 206 Å². The summed E-state index contributed by atoms with van der Waals surface area (Å²) in [5, 5.41) is 4.85. The molecule has 0 bridgehead atoms. The van der Waals surface area contributed by atoms with E-state index in [2.05, 4.69) is 11.9 Å². The van der Waals surface area contributed by atoms with E-state index >= 15 is 4.39 Å². The Hall–Kier alpha value is -3.13. The van der Waals surface area contributed by atoms with Crippen molar-refractivity contribution in [3.8, 4) is 0 Å². The monoisotopic (exact) mass is 502 g/mol. The molecule has 1 aliphatic carbocycles. The van der Waals surface area contributed by atoms with Crippen LogP contribution in [0.5, 0.6) is 0 Å². The molecule has 1 aromatic heterocycles. The first-order valence-electron chi connectivity index (χ1n) is 11.5. The number of benzene rings is 2. The van der Waals surface area contributed by atoms with Gasteiger partial charge in [0.15, 0.2) is 11.6 Å². The third-order valence-corrected chi connectivity index (χ3v) is 7.05. The molecule has 1 fully saturated rings. The quantitative estimate of drug-likeness (QED) is 0.264. The van der Waals surface area contributed by atoms with Gasteiger partial charge in [-0.1, -0.05) is 38.0 Å². The molecule has 35 heavy (non-hydrogen) atoms. The maximum atomic E-state index is 15.1. The minimum Gasteiger partial charge on any atom is -0.351 e. The molecule has 2 aromatic carbocycles. The second-order valence-electron chi connectivity index (χ2n) is 8.71. The number of carbonyl (C=O) groups excluding carboxylic acids is 1. The van der Waals surface area contributed by atoms with Gasteiger partial charge in [0.05, 0.1) is 0 Å². The van der Waals surface area contributed by atoms with Crippen molar-refractivity contribution in [1.29, 1.82) is 0 Å². The van der Waals surface area contributed by atoms with Crippen molar-refractivity contribution in [3.63, 3.8) is 0 Å². The van der Waals surface area contributed by atoms with Gasteiger partial charge in [-0.15, -0.1) is 11.3 Å². The lowest BCUT2D eigenvalue weighted by Gasteiger charge is -2.36. The number of halogens is 4. The van der Waals surface area contributed by atoms with Gasteiger partial charge in [0.1, 0.15) is 17.7 Å². The van der Waals surface area contributed by atoms with Crippen LogP contribution in [0.1, 0.15) is 48.6 Å². The molecule has 1 aliphatic rings. The van der Waals surface area contributed by atoms with Gasteiger partial charge in [-0.3, -0.25) is 4.79 Å². The molecule has 184 valence electrons. The Kier molecular flexibility index (Phi) is 7.90. The van der Waals surface area contributed by atoms with Gasteiger partial charge in [-0.05, 0) is 48.6 Å². The Morgan fingerprint density at radius 3 is 2.43 bits per heavy atom. The highest BCUT2D eigenvalue weighted by Crippen LogP contribution is 2.35. The number of hydrogen-bond acceptors (Lipinski definition) is 3. The van der Waals surface area contributed by atoms with E-state index in [1.165, 1.54) is 34.4 Å². The smallest absolute Gasteiger partial charge is 0.248 e. The number of rotatable bonds is 8. The van der Waals surface area contributed by atoms with Crippen LogP contribution < -0.4 is 10.2 Å². The van der Waals surface area contributed by atoms with Crippen LogP contribution >= 0.6 is 11.3 Å². The molecule has 4 rings (SSSR count). The minimum absolute atomic E-state index is 0.118. The molecule has 0 radical (unpaired) electrons. The number of anilines is 1. The molecule has 1 heterocycles. The fourth-order valence-electron chi connectivity index (χ4n) is 4.51. The number of nitrogens with zero attached hydrogens (tertiary/aromatic N) is 1. The van der Waals surface area contributed by atoms with Crippen molar-refractivity contribution in [3.05, 3.63) is 99.9 Å². The van der Waals surface area contributed by atoms with Gasteiger partial charge in [-0.25, -0.2) is 17.6 Å². The van der Waals surface area contributed by atoms with Crippen LogP contribution in [0.3, 0.4) is 0 Å². The van der Waals surface area contributed by atoms with Crippen LogP contribution in [0, 0.1) is 23.3 Å². The predicted octanol–water partition coefficient (Wildman–Crippen LogP) is 7.06. The van der Waals surface area contributed by atoms with Gasteiger partial charge in [0, 0.05) is 40.4 Å². The van der Waals surface area contributed by atoms with Crippen LogP contribution in [0.15, 0.2) is 66.2 Å². The lowest BCUT2D eigenvalue weighted by molar-refractivity contribution is -0.123. The second kappa shape index (κ2) is 11.1. The first-order chi connectivity index (χ1) is 16.8. The summed E-state index contributed by atoms with van der Waals surface area (Å²) in [6, 6.07) is 8.81. The zero-order chi connectivity index (χ0) is 24.9. The predicted molar refractivity (Wildman–Crippen MR) is 130 cm³/mol. The summed E-state index contributed by atoms with van der Waals surface area (Å²) in [4.78, 5) is 16.0. The summed E-state index contributed by atoms with van der Waals surface area (Å²) in [5.41, 5.74) is 0.277. The average molecular weight is 503 g/mol. The summed E-state index contributed by atoms with van der Waals surface area (Å²) >= 11 is 1.47. The van der Waals surface area contributed by atoms with Crippen LogP contribution in [0.4, 0.5) is 23.2 Å². The van der Waals surface area contributed by atoms with Crippen molar-refractivity contribution in [2.24, 2.45) is 0 Å². The highest BCUT2D eigenvalue weighted by Gasteiger charge is 2.34. The molecule has 0 aliphatic heterocycles. The highest BCUT2D eigenvalue weighted by molar-refractivity contribution is 7.09. The molecule has 0 saturated heterocycles. The molecule has 1 amide bonds. The van der Waals surface area contributed by atoms with Crippen molar-refractivity contribution < 1.29 is 22.4 Å². The van der Waals surface area contributed by atoms with Gasteiger partial charge >= 0.3 is 0 Å². The fraction of sp³-hybridized carbons (Fsp3) is 0.296. The summed E-state index contributed by atoms with van der Waals surface area (Å²) < 4.78 is 57.5. The normalized spacial score (nSPS) is 15.0. The Morgan fingerprint density at radius 2 is 1.74 bits per heavy atom. The maximum Gasteiger partial charge on any atom is 0.248 e. The molecule has 3 nitrogen and oxygen atoms in total. The number of allylic oxidation sites excluding steroid dienone is 1. The Bertz CT molecular complexity index is 1190. The number of thiophene rings is 1. The molecule has 8 heteroatoms. The summed E-state index contributed by atoms with van der Waals surface area (Å²) in [5.74, 6) is -4.85. The van der Waals surface area contributed by atoms with E-state index in [1.807, 2.05) is 17.5 Å². The number of hydrogen-bond donors (Lipinski definition) is 1. The third kappa shape index (κ3) is 5.93. The van der Waals surface area contributed by atoms with Gasteiger partial charge < -0.3 is 10.2 Å². The SMILES string of the molecule is C=C(Cc1cccs1)N(c1cccc(F)c1)C(C(=O)NC1CCCCC1)c1cc(F)c(F)cc1F. The fourth-order valence-corrected chi connectivity index (χ4v) is 5.25. The van der Waals surface area contributed by atoms with E-state index in [4.69, 9.17) is 0 Å². The lowest BCUT2D eigenvalue weighted by atomic mass is 9.94. The first-order valence-corrected chi connectivity index (χ1v) is 12.4. The van der Waals surface area contributed by atoms with E-state index in [0.29, 0.717) is 24.3 Å². The van der Waals surface area contributed by atoms with Crippen molar-refractivity contribution >= 4 is 22.9 Å². The standard InChI is InChI=1S/C27H26F4N2OS/c1-17(13-21-11-6-12-35-21)33(20-10-5-7-18(28)14-20)26(22-15-24(30)25(31)16-23(22)29)27(34)32-19-8-3-2-4-9-19/h5-7,10-12,14-16,19,26H,1-4,8-9,13H2,(H,32,34). The molecular weight excluding hydrogens is 476 g/mol. The van der Waals surface area contributed by atoms with Crippen LogP contribution in [-0.2, 0) is 11.2 Å². The largest absolute Gasteiger partial charge is 0.351 e. The van der Waals surface area contributed by atoms with E-state index in [9.17, 15) is 18.0 Å². The van der Waals surface area contributed by atoms with Crippen molar-refractivity contribution in [2.45, 2.75) is 50.6 Å².